The van der Waals surface area contributed by atoms with Crippen LogP contribution in [0.2, 0.25) is 18.1 Å². The molecule has 0 heterocycles. The van der Waals surface area contributed by atoms with Crippen LogP contribution in [0.25, 0.3) is 0 Å². The molecule has 0 aromatic rings. The summed E-state index contributed by atoms with van der Waals surface area (Å²) in [6, 6.07) is 0. The molecular weight excluding hydrogens is 222 g/mol. The van der Waals surface area contributed by atoms with Gasteiger partial charge in [0.2, 0.25) is 0 Å². The summed E-state index contributed by atoms with van der Waals surface area (Å²) in [6.07, 6.45) is -0.147. The second kappa shape index (κ2) is 5.68. The molecule has 0 spiro atoms. The number of hydrogen-bond acceptors (Lipinski definition) is 2. The first-order chi connectivity index (χ1) is 7.06. The highest BCUT2D eigenvalue weighted by Gasteiger charge is 2.38. The Morgan fingerprint density at radius 3 is 2.31 bits per heavy atom. The predicted octanol–water partition coefficient (Wildman–Crippen LogP) is 3.05. The van der Waals surface area contributed by atoms with Crippen molar-refractivity contribution in [2.75, 3.05) is 6.54 Å². The monoisotopic (exact) mass is 247 g/mol. The molecular formula is C11H25NO3Si. The van der Waals surface area contributed by atoms with Gasteiger partial charge in [-0.25, -0.2) is 4.79 Å². The van der Waals surface area contributed by atoms with E-state index in [0.717, 1.165) is 6.42 Å². The Balaban J connectivity index is 4.04. The zero-order valence-corrected chi connectivity index (χ0v) is 12.3. The van der Waals surface area contributed by atoms with Gasteiger partial charge in [0.15, 0.2) is 8.32 Å². The highest BCUT2D eigenvalue weighted by atomic mass is 28.4. The molecule has 0 aromatic carbocycles. The second-order valence-electron chi connectivity index (χ2n) is 5.71. The molecule has 0 saturated carbocycles. The molecule has 1 atom stereocenters. The van der Waals surface area contributed by atoms with Gasteiger partial charge >= 0.3 is 6.09 Å². The number of carboxylic acid groups (broad SMARTS) is 1. The molecule has 1 amide bonds. The van der Waals surface area contributed by atoms with Crippen LogP contribution >= 0.6 is 0 Å². The summed E-state index contributed by atoms with van der Waals surface area (Å²) in [6.45, 7) is 13.4. The van der Waals surface area contributed by atoms with E-state index in [9.17, 15) is 4.79 Å². The van der Waals surface area contributed by atoms with Crippen molar-refractivity contribution in [1.82, 2.24) is 5.32 Å². The number of rotatable bonds is 5. The average molecular weight is 247 g/mol. The van der Waals surface area contributed by atoms with Crippen LogP contribution in [-0.2, 0) is 4.43 Å². The molecule has 16 heavy (non-hydrogen) atoms. The Hall–Kier alpha value is -0.553. The predicted molar refractivity (Wildman–Crippen MR) is 68.4 cm³/mol. The Morgan fingerprint density at radius 1 is 1.44 bits per heavy atom. The highest BCUT2D eigenvalue weighted by Crippen LogP contribution is 2.37. The van der Waals surface area contributed by atoms with Crippen LogP contribution in [0.15, 0.2) is 0 Å². The lowest BCUT2D eigenvalue weighted by Gasteiger charge is -2.38. The lowest BCUT2D eigenvalue weighted by molar-refractivity contribution is 0.178. The molecule has 0 aromatic heterocycles. The topological polar surface area (TPSA) is 58.6 Å². The molecule has 0 bridgehead atoms. The Morgan fingerprint density at radius 2 is 1.94 bits per heavy atom. The minimum absolute atomic E-state index is 0.104. The van der Waals surface area contributed by atoms with Crippen molar-refractivity contribution in [2.24, 2.45) is 0 Å². The number of hydrogen-bond donors (Lipinski definition) is 2. The first kappa shape index (κ1) is 15.4. The fourth-order valence-corrected chi connectivity index (χ4v) is 2.60. The normalized spacial score (nSPS) is 14.6. The molecule has 0 rings (SSSR count). The maximum atomic E-state index is 10.3. The van der Waals surface area contributed by atoms with Crippen LogP contribution in [0.3, 0.4) is 0 Å². The van der Waals surface area contributed by atoms with Gasteiger partial charge in [0.05, 0.1) is 0 Å². The third-order valence-corrected chi connectivity index (χ3v) is 7.73. The van der Waals surface area contributed by atoms with Crippen molar-refractivity contribution < 1.29 is 14.3 Å². The standard InChI is InChI=1S/C11H25NO3Si/c1-9(7-8-12-10(13)14)15-16(5,6)11(2,3)4/h9,12H,7-8H2,1-6H3,(H,13,14). The maximum Gasteiger partial charge on any atom is 0.404 e. The minimum atomic E-state index is -1.72. The van der Waals surface area contributed by atoms with Crippen LogP contribution in [0.5, 0.6) is 0 Å². The van der Waals surface area contributed by atoms with Crippen LogP contribution < -0.4 is 5.32 Å². The summed E-state index contributed by atoms with van der Waals surface area (Å²) in [5.74, 6) is 0. The van der Waals surface area contributed by atoms with E-state index in [1.807, 2.05) is 6.92 Å². The minimum Gasteiger partial charge on any atom is -0.465 e. The van der Waals surface area contributed by atoms with Crippen molar-refractivity contribution >= 4 is 14.4 Å². The zero-order valence-electron chi connectivity index (χ0n) is 11.3. The summed E-state index contributed by atoms with van der Waals surface area (Å²) < 4.78 is 6.09. The molecule has 0 aliphatic rings. The quantitative estimate of drug-likeness (QED) is 0.734. The van der Waals surface area contributed by atoms with Crippen LogP contribution in [0, 0.1) is 0 Å². The first-order valence-electron chi connectivity index (χ1n) is 5.71. The molecule has 0 aliphatic heterocycles. The smallest absolute Gasteiger partial charge is 0.404 e. The Bertz CT molecular complexity index is 236. The molecule has 0 fully saturated rings. The molecule has 4 nitrogen and oxygen atoms in total. The van der Waals surface area contributed by atoms with Gasteiger partial charge in [-0.1, -0.05) is 20.8 Å². The number of nitrogens with one attached hydrogen (secondary N) is 1. The largest absolute Gasteiger partial charge is 0.465 e. The van der Waals surface area contributed by atoms with Crippen LogP contribution in [0.1, 0.15) is 34.1 Å². The molecule has 0 radical (unpaired) electrons. The van der Waals surface area contributed by atoms with Crippen molar-refractivity contribution in [1.29, 1.82) is 0 Å². The van der Waals surface area contributed by atoms with Crippen molar-refractivity contribution in [3.8, 4) is 0 Å². The van der Waals surface area contributed by atoms with Gasteiger partial charge in [0.25, 0.3) is 0 Å². The fraction of sp³-hybridized carbons (Fsp3) is 0.909. The fourth-order valence-electron chi connectivity index (χ4n) is 1.12. The van der Waals surface area contributed by atoms with Crippen LogP contribution in [0.4, 0.5) is 4.79 Å². The van der Waals surface area contributed by atoms with Gasteiger partial charge in [0.1, 0.15) is 0 Å². The Kier molecular flexibility index (Phi) is 5.48. The lowest BCUT2D eigenvalue weighted by atomic mass is 10.2. The summed E-state index contributed by atoms with van der Waals surface area (Å²) in [5, 5.41) is 11.0. The van der Waals surface area contributed by atoms with Gasteiger partial charge < -0.3 is 14.8 Å². The number of amides is 1. The highest BCUT2D eigenvalue weighted by molar-refractivity contribution is 6.74. The summed E-state index contributed by atoms with van der Waals surface area (Å²) in [7, 11) is -1.72. The van der Waals surface area contributed by atoms with Gasteiger partial charge in [-0.15, -0.1) is 0 Å². The van der Waals surface area contributed by atoms with E-state index < -0.39 is 14.4 Å². The molecule has 1 unspecified atom stereocenters. The van der Waals surface area contributed by atoms with Gasteiger partial charge in [-0.05, 0) is 31.5 Å². The molecule has 0 saturated heterocycles. The Labute approximate surface area is 99.5 Å². The number of carbonyl (C=O) groups is 1. The van der Waals surface area contributed by atoms with Gasteiger partial charge in [-0.2, -0.15) is 0 Å². The van der Waals surface area contributed by atoms with E-state index in [1.54, 1.807) is 0 Å². The first-order valence-corrected chi connectivity index (χ1v) is 8.61. The lowest BCUT2D eigenvalue weighted by Crippen LogP contribution is -2.43. The van der Waals surface area contributed by atoms with Gasteiger partial charge in [-0.3, -0.25) is 0 Å². The third-order valence-electron chi connectivity index (χ3n) is 3.13. The van der Waals surface area contributed by atoms with E-state index in [2.05, 4.69) is 39.2 Å². The third kappa shape index (κ3) is 5.51. The SMILES string of the molecule is CC(CCNC(=O)O)O[Si](C)(C)C(C)(C)C. The van der Waals surface area contributed by atoms with E-state index in [1.165, 1.54) is 0 Å². The molecule has 0 aliphatic carbocycles. The van der Waals surface area contributed by atoms with Gasteiger partial charge in [0, 0.05) is 12.6 Å². The van der Waals surface area contributed by atoms with Crippen molar-refractivity contribution in [2.45, 2.75) is 58.4 Å². The van der Waals surface area contributed by atoms with E-state index >= 15 is 0 Å². The zero-order chi connectivity index (χ0) is 13.0. The second-order valence-corrected chi connectivity index (χ2v) is 10.5. The van der Waals surface area contributed by atoms with E-state index in [0.29, 0.717) is 6.54 Å². The summed E-state index contributed by atoms with van der Waals surface area (Å²) >= 11 is 0. The van der Waals surface area contributed by atoms with Crippen LogP contribution in [-0.4, -0.2) is 32.2 Å². The summed E-state index contributed by atoms with van der Waals surface area (Å²) in [5.41, 5.74) is 0. The molecule has 96 valence electrons. The molecule has 5 heteroatoms. The van der Waals surface area contributed by atoms with E-state index in [4.69, 9.17) is 9.53 Å². The molecule has 2 N–H and O–H groups in total. The summed E-state index contributed by atoms with van der Waals surface area (Å²) in [4.78, 5) is 10.3. The maximum absolute atomic E-state index is 10.3. The van der Waals surface area contributed by atoms with E-state index in [-0.39, 0.29) is 11.1 Å². The van der Waals surface area contributed by atoms with Crippen molar-refractivity contribution in [3.63, 3.8) is 0 Å². The average Bonchev–Trinajstić information content (AvgIpc) is 1.99. The van der Waals surface area contributed by atoms with Crippen molar-refractivity contribution in [3.05, 3.63) is 0 Å².